The second-order valence-electron chi connectivity index (χ2n) is 4.59. The van der Waals surface area contributed by atoms with Gasteiger partial charge < -0.3 is 9.15 Å². The van der Waals surface area contributed by atoms with Gasteiger partial charge in [0.1, 0.15) is 5.75 Å². The number of ether oxygens (including phenoxy) is 1. The van der Waals surface area contributed by atoms with E-state index in [9.17, 15) is 8.78 Å². The summed E-state index contributed by atoms with van der Waals surface area (Å²) in [6.07, 6.45) is 3.40. The Labute approximate surface area is 131 Å². The van der Waals surface area contributed by atoms with Gasteiger partial charge in [-0.05, 0) is 35.9 Å². The van der Waals surface area contributed by atoms with Gasteiger partial charge in [0.2, 0.25) is 11.8 Å². The predicted molar refractivity (Wildman–Crippen MR) is 81.7 cm³/mol. The third-order valence-electron chi connectivity index (χ3n) is 2.98. The second-order valence-corrected chi connectivity index (χ2v) is 4.59. The van der Waals surface area contributed by atoms with Gasteiger partial charge in [-0.15, -0.1) is 10.2 Å². The molecule has 1 heterocycles. The summed E-state index contributed by atoms with van der Waals surface area (Å²) in [7, 11) is 0. The summed E-state index contributed by atoms with van der Waals surface area (Å²) >= 11 is 0. The first kappa shape index (κ1) is 14.9. The zero-order valence-electron chi connectivity index (χ0n) is 11.9. The van der Waals surface area contributed by atoms with Gasteiger partial charge in [0.15, 0.2) is 0 Å². The van der Waals surface area contributed by atoms with E-state index in [2.05, 4.69) is 14.9 Å². The highest BCUT2D eigenvalue weighted by atomic mass is 19.3. The molecule has 2 aromatic carbocycles. The van der Waals surface area contributed by atoms with Crippen molar-refractivity contribution in [3.8, 4) is 17.2 Å². The van der Waals surface area contributed by atoms with E-state index in [1.54, 1.807) is 24.3 Å². The highest BCUT2D eigenvalue weighted by Gasteiger charge is 2.06. The Balaban J connectivity index is 1.70. The summed E-state index contributed by atoms with van der Waals surface area (Å²) in [5.74, 6) is 0.906. The lowest BCUT2D eigenvalue weighted by Gasteiger charge is -2.03. The van der Waals surface area contributed by atoms with Crippen LogP contribution in [0.3, 0.4) is 0 Å². The highest BCUT2D eigenvalue weighted by Crippen LogP contribution is 2.19. The molecule has 0 atom stereocenters. The fraction of sp³-hybridized carbons (Fsp3) is 0.0588. The van der Waals surface area contributed by atoms with Crippen molar-refractivity contribution in [3.63, 3.8) is 0 Å². The van der Waals surface area contributed by atoms with Crippen LogP contribution in [-0.2, 0) is 0 Å². The molecule has 0 amide bonds. The number of hydrogen-bond donors (Lipinski definition) is 0. The van der Waals surface area contributed by atoms with E-state index in [1.165, 1.54) is 12.1 Å². The number of hydrogen-bond acceptors (Lipinski definition) is 4. The van der Waals surface area contributed by atoms with Crippen LogP contribution in [0, 0.1) is 0 Å². The zero-order chi connectivity index (χ0) is 16.1. The normalized spacial score (nSPS) is 11.3. The van der Waals surface area contributed by atoms with Gasteiger partial charge in [-0.3, -0.25) is 0 Å². The maximum atomic E-state index is 12.1. The van der Waals surface area contributed by atoms with E-state index in [-0.39, 0.29) is 5.75 Å². The van der Waals surface area contributed by atoms with Gasteiger partial charge in [-0.2, -0.15) is 8.78 Å². The van der Waals surface area contributed by atoms with E-state index >= 15 is 0 Å². The van der Waals surface area contributed by atoms with Gasteiger partial charge in [-0.1, -0.05) is 30.3 Å². The topological polar surface area (TPSA) is 48.2 Å². The Morgan fingerprint density at radius 2 is 1.65 bits per heavy atom. The van der Waals surface area contributed by atoms with Crippen LogP contribution < -0.4 is 4.74 Å². The second kappa shape index (κ2) is 6.83. The van der Waals surface area contributed by atoms with Crippen molar-refractivity contribution in [1.29, 1.82) is 0 Å². The van der Waals surface area contributed by atoms with Gasteiger partial charge in [-0.25, -0.2) is 0 Å². The summed E-state index contributed by atoms with van der Waals surface area (Å²) in [6.45, 7) is -2.83. The van der Waals surface area contributed by atoms with E-state index < -0.39 is 6.61 Å². The molecule has 0 N–H and O–H groups in total. The van der Waals surface area contributed by atoms with Crippen molar-refractivity contribution in [2.45, 2.75) is 6.61 Å². The van der Waals surface area contributed by atoms with Crippen molar-refractivity contribution in [3.05, 3.63) is 66.1 Å². The largest absolute Gasteiger partial charge is 0.435 e. The maximum absolute atomic E-state index is 12.1. The summed E-state index contributed by atoms with van der Waals surface area (Å²) < 4.78 is 34.0. The molecule has 0 aliphatic heterocycles. The van der Waals surface area contributed by atoms with E-state index in [0.29, 0.717) is 11.8 Å². The first-order chi connectivity index (χ1) is 11.2. The van der Waals surface area contributed by atoms with Crippen LogP contribution in [0.5, 0.6) is 5.75 Å². The van der Waals surface area contributed by atoms with Crippen LogP contribution >= 0.6 is 0 Å². The van der Waals surface area contributed by atoms with Crippen molar-refractivity contribution in [2.75, 3.05) is 0 Å². The molecule has 1 aromatic heterocycles. The summed E-state index contributed by atoms with van der Waals surface area (Å²) in [6, 6.07) is 15.7. The molecule has 0 aliphatic rings. The molecule has 0 fully saturated rings. The minimum absolute atomic E-state index is 0.112. The van der Waals surface area contributed by atoms with Crippen LogP contribution in [0.25, 0.3) is 23.6 Å². The summed E-state index contributed by atoms with van der Waals surface area (Å²) in [4.78, 5) is 0. The molecule has 3 rings (SSSR count). The average molecular weight is 314 g/mol. The molecule has 0 bridgehead atoms. The lowest BCUT2D eigenvalue weighted by Crippen LogP contribution is -2.01. The Morgan fingerprint density at radius 3 is 2.35 bits per heavy atom. The van der Waals surface area contributed by atoms with Gasteiger partial charge in [0, 0.05) is 11.6 Å². The number of aromatic nitrogens is 2. The lowest BCUT2D eigenvalue weighted by atomic mass is 10.2. The Morgan fingerprint density at radius 1 is 0.913 bits per heavy atom. The minimum atomic E-state index is -2.83. The Kier molecular flexibility index (Phi) is 4.42. The first-order valence-electron chi connectivity index (χ1n) is 6.82. The molecule has 0 saturated carbocycles. The standard InChI is InChI=1S/C17H12F2N2O2/c18-17(19)22-14-9-6-12(7-10-14)8-11-15-20-21-16(23-15)13-4-2-1-3-5-13/h1-11,17H/b11-8-. The summed E-state index contributed by atoms with van der Waals surface area (Å²) in [5.41, 5.74) is 1.64. The number of nitrogens with zero attached hydrogens (tertiary/aromatic N) is 2. The van der Waals surface area contributed by atoms with Crippen LogP contribution in [0.2, 0.25) is 0 Å². The fourth-order valence-corrected chi connectivity index (χ4v) is 1.93. The zero-order valence-corrected chi connectivity index (χ0v) is 11.9. The molecule has 4 nitrogen and oxygen atoms in total. The first-order valence-corrected chi connectivity index (χ1v) is 6.82. The van der Waals surface area contributed by atoms with Gasteiger partial charge in [0.05, 0.1) is 0 Å². The quantitative estimate of drug-likeness (QED) is 0.695. The van der Waals surface area contributed by atoms with E-state index in [1.807, 2.05) is 30.3 Å². The van der Waals surface area contributed by atoms with E-state index in [0.717, 1.165) is 11.1 Å². The van der Waals surface area contributed by atoms with Crippen molar-refractivity contribution < 1.29 is 17.9 Å². The molecule has 23 heavy (non-hydrogen) atoms. The molecular formula is C17H12F2N2O2. The Bertz CT molecular complexity index is 784. The molecule has 3 aromatic rings. The molecule has 6 heteroatoms. The number of benzene rings is 2. The molecule has 0 radical (unpaired) electrons. The van der Waals surface area contributed by atoms with Crippen LogP contribution in [0.1, 0.15) is 11.5 Å². The number of halogens is 2. The minimum Gasteiger partial charge on any atom is -0.435 e. The van der Waals surface area contributed by atoms with E-state index in [4.69, 9.17) is 4.42 Å². The molecule has 116 valence electrons. The van der Waals surface area contributed by atoms with Crippen LogP contribution in [0.15, 0.2) is 59.0 Å². The number of rotatable bonds is 5. The summed E-state index contributed by atoms with van der Waals surface area (Å²) in [5, 5.41) is 7.91. The third kappa shape index (κ3) is 4.00. The SMILES string of the molecule is FC(F)Oc1ccc(/C=C\c2nnc(-c3ccccc3)o2)cc1. The fourth-order valence-electron chi connectivity index (χ4n) is 1.93. The van der Waals surface area contributed by atoms with Gasteiger partial charge >= 0.3 is 6.61 Å². The monoisotopic (exact) mass is 314 g/mol. The smallest absolute Gasteiger partial charge is 0.387 e. The Hall–Kier alpha value is -3.02. The average Bonchev–Trinajstić information content (AvgIpc) is 3.04. The van der Waals surface area contributed by atoms with Crippen molar-refractivity contribution >= 4 is 12.2 Å². The molecule has 0 aliphatic carbocycles. The van der Waals surface area contributed by atoms with Crippen molar-refractivity contribution in [2.24, 2.45) is 0 Å². The maximum Gasteiger partial charge on any atom is 0.387 e. The molecule has 0 saturated heterocycles. The molecule has 0 spiro atoms. The highest BCUT2D eigenvalue weighted by molar-refractivity contribution is 5.66. The molecule has 0 unspecified atom stereocenters. The predicted octanol–water partition coefficient (Wildman–Crippen LogP) is 4.51. The molecular weight excluding hydrogens is 302 g/mol. The van der Waals surface area contributed by atoms with Crippen LogP contribution in [-0.4, -0.2) is 16.8 Å². The number of alkyl halides is 2. The van der Waals surface area contributed by atoms with Crippen LogP contribution in [0.4, 0.5) is 8.78 Å². The van der Waals surface area contributed by atoms with Gasteiger partial charge in [0.25, 0.3) is 0 Å². The lowest BCUT2D eigenvalue weighted by molar-refractivity contribution is -0.0498. The third-order valence-corrected chi connectivity index (χ3v) is 2.98. The van der Waals surface area contributed by atoms with Crippen molar-refractivity contribution in [1.82, 2.24) is 10.2 Å².